The number of hydrogen-bond acceptors (Lipinski definition) is 4. The first kappa shape index (κ1) is 18.3. The van der Waals surface area contributed by atoms with Crippen LogP contribution in [0.25, 0.3) is 0 Å². The number of carbonyl (C=O) groups excluding carboxylic acids is 1. The molecule has 0 aliphatic carbocycles. The van der Waals surface area contributed by atoms with Crippen LogP contribution >= 0.6 is 11.8 Å². The minimum absolute atomic E-state index is 0.0363. The van der Waals surface area contributed by atoms with Crippen molar-refractivity contribution in [3.63, 3.8) is 0 Å². The highest BCUT2D eigenvalue weighted by atomic mass is 32.2. The largest absolute Gasteiger partial charge is 0.313 e. The van der Waals surface area contributed by atoms with Gasteiger partial charge in [-0.1, -0.05) is 25.6 Å². The number of carbonyl (C=O) groups is 1. The number of nitrogens with zero attached hydrogens (tertiary/aromatic N) is 2. The zero-order valence-corrected chi connectivity index (χ0v) is 15.4. The molecule has 1 aromatic carbocycles. The van der Waals surface area contributed by atoms with Crippen LogP contribution in [-0.4, -0.2) is 42.3 Å². The molecule has 0 saturated carbocycles. The molecule has 5 nitrogen and oxygen atoms in total. The molecule has 9 heteroatoms. The van der Waals surface area contributed by atoms with Crippen LogP contribution < -0.4 is 4.90 Å². The summed E-state index contributed by atoms with van der Waals surface area (Å²) in [6.07, 6.45) is 0.617. The number of fused-ring (bicyclic) bond motifs is 1. The zero-order valence-electron chi connectivity index (χ0n) is 13.8. The van der Waals surface area contributed by atoms with Gasteiger partial charge >= 0.3 is 0 Å². The molecule has 1 aromatic rings. The second-order valence-corrected chi connectivity index (χ2v) is 9.67. The Hall–Kier alpha value is -1.48. The fraction of sp³-hybridized carbons (Fsp3) is 0.500. The third-order valence-corrected chi connectivity index (χ3v) is 7.69. The number of amides is 1. The summed E-state index contributed by atoms with van der Waals surface area (Å²) < 4.78 is 51.4. The van der Waals surface area contributed by atoms with Gasteiger partial charge in [0.05, 0.1) is 23.2 Å². The Kier molecular flexibility index (Phi) is 4.89. The molecule has 0 aromatic heterocycles. The highest BCUT2D eigenvalue weighted by molar-refractivity contribution is 8.16. The van der Waals surface area contributed by atoms with Crippen LogP contribution in [0.3, 0.4) is 0 Å². The van der Waals surface area contributed by atoms with Crippen molar-refractivity contribution >= 4 is 38.4 Å². The first-order chi connectivity index (χ1) is 11.7. The molecule has 2 aliphatic heterocycles. The number of rotatable bonds is 3. The first-order valence-corrected chi connectivity index (χ1v) is 10.7. The Labute approximate surface area is 149 Å². The van der Waals surface area contributed by atoms with E-state index in [1.165, 1.54) is 22.7 Å². The normalized spacial score (nSPS) is 27.5. The molecule has 3 atom stereocenters. The van der Waals surface area contributed by atoms with E-state index in [9.17, 15) is 22.0 Å². The van der Waals surface area contributed by atoms with Crippen LogP contribution in [0.5, 0.6) is 0 Å². The first-order valence-electron chi connectivity index (χ1n) is 7.95. The van der Waals surface area contributed by atoms with Crippen molar-refractivity contribution in [3.05, 3.63) is 29.8 Å². The Morgan fingerprint density at radius 3 is 2.76 bits per heavy atom. The molecule has 0 spiro atoms. The molecule has 3 rings (SSSR count). The van der Waals surface area contributed by atoms with Gasteiger partial charge in [0.15, 0.2) is 15.0 Å². The van der Waals surface area contributed by atoms with Crippen LogP contribution in [0.1, 0.15) is 20.3 Å². The molecule has 2 aliphatic rings. The highest BCUT2D eigenvalue weighted by Crippen LogP contribution is 2.41. The lowest BCUT2D eigenvalue weighted by atomic mass is 10.1. The Bertz CT molecular complexity index is 842. The average molecular weight is 388 g/mol. The van der Waals surface area contributed by atoms with Gasteiger partial charge in [0, 0.05) is 17.2 Å². The fourth-order valence-corrected chi connectivity index (χ4v) is 6.81. The third kappa shape index (κ3) is 3.57. The summed E-state index contributed by atoms with van der Waals surface area (Å²) in [5, 5.41) is -0.0429. The van der Waals surface area contributed by atoms with Crippen molar-refractivity contribution in [3.8, 4) is 0 Å². The molecule has 25 heavy (non-hydrogen) atoms. The van der Waals surface area contributed by atoms with E-state index in [-0.39, 0.29) is 39.4 Å². The molecule has 2 saturated heterocycles. The Morgan fingerprint density at radius 1 is 1.40 bits per heavy atom. The van der Waals surface area contributed by atoms with Crippen molar-refractivity contribution in [2.75, 3.05) is 16.4 Å². The summed E-state index contributed by atoms with van der Waals surface area (Å²) in [6.45, 7) is 3.61. The van der Waals surface area contributed by atoms with Crippen molar-refractivity contribution in [2.45, 2.75) is 31.6 Å². The fourth-order valence-electron chi connectivity index (χ4n) is 2.90. The van der Waals surface area contributed by atoms with Crippen molar-refractivity contribution in [2.24, 2.45) is 10.9 Å². The quantitative estimate of drug-likeness (QED) is 0.796. The molecule has 2 fully saturated rings. The molecule has 1 amide bonds. The van der Waals surface area contributed by atoms with E-state index in [2.05, 4.69) is 4.99 Å². The van der Waals surface area contributed by atoms with Gasteiger partial charge in [0.2, 0.25) is 0 Å². The zero-order chi connectivity index (χ0) is 18.4. The lowest BCUT2D eigenvalue weighted by Gasteiger charge is -2.25. The monoisotopic (exact) mass is 388 g/mol. The van der Waals surface area contributed by atoms with Crippen LogP contribution in [0, 0.1) is 17.6 Å². The molecular formula is C16H18F2N2O3S2. The predicted octanol–water partition coefficient (Wildman–Crippen LogP) is 2.61. The number of halogens is 2. The second kappa shape index (κ2) is 6.68. The van der Waals surface area contributed by atoms with E-state index in [1.54, 1.807) is 6.92 Å². The maximum atomic E-state index is 14.3. The van der Waals surface area contributed by atoms with Gasteiger partial charge in [0.25, 0.3) is 5.91 Å². The molecule has 0 radical (unpaired) electrons. The Balaban J connectivity index is 2.04. The summed E-state index contributed by atoms with van der Waals surface area (Å²) in [6, 6.07) is 2.58. The van der Waals surface area contributed by atoms with Crippen molar-refractivity contribution in [1.29, 1.82) is 0 Å². The predicted molar refractivity (Wildman–Crippen MR) is 94.6 cm³/mol. The van der Waals surface area contributed by atoms with Gasteiger partial charge in [-0.2, -0.15) is 4.99 Å². The lowest BCUT2D eigenvalue weighted by molar-refractivity contribution is -0.121. The summed E-state index contributed by atoms with van der Waals surface area (Å²) in [5.41, 5.74) is 0.0363. The van der Waals surface area contributed by atoms with Gasteiger partial charge in [0.1, 0.15) is 11.6 Å². The number of thioether (sulfide) groups is 1. The van der Waals surface area contributed by atoms with Gasteiger partial charge in [-0.05, 0) is 18.6 Å². The SMILES string of the molecule is CCC(C)C(=O)N=C1SC2CS(=O)(=O)CC2N1c1ccc(F)cc1F. The second-order valence-electron chi connectivity index (χ2n) is 6.31. The third-order valence-electron chi connectivity index (χ3n) is 4.48. The number of anilines is 1. The molecule has 2 heterocycles. The van der Waals surface area contributed by atoms with Gasteiger partial charge in [-0.25, -0.2) is 17.2 Å². The number of aliphatic imine (C=N–C) groups is 1. The van der Waals surface area contributed by atoms with Gasteiger partial charge in [-0.3, -0.25) is 4.79 Å². The Morgan fingerprint density at radius 2 is 2.12 bits per heavy atom. The molecular weight excluding hydrogens is 370 g/mol. The number of amidine groups is 1. The van der Waals surface area contributed by atoms with Crippen LogP contribution in [0.4, 0.5) is 14.5 Å². The summed E-state index contributed by atoms with van der Waals surface area (Å²) in [5.74, 6) is -2.33. The highest BCUT2D eigenvalue weighted by Gasteiger charge is 2.50. The average Bonchev–Trinajstić information content (AvgIpc) is 2.98. The molecule has 3 unspecified atom stereocenters. The van der Waals surface area contributed by atoms with E-state index in [4.69, 9.17) is 0 Å². The minimum Gasteiger partial charge on any atom is -0.313 e. The van der Waals surface area contributed by atoms with E-state index in [0.29, 0.717) is 6.42 Å². The van der Waals surface area contributed by atoms with E-state index >= 15 is 0 Å². The topological polar surface area (TPSA) is 66.8 Å². The maximum absolute atomic E-state index is 14.3. The van der Waals surface area contributed by atoms with Crippen LogP contribution in [0.2, 0.25) is 0 Å². The van der Waals surface area contributed by atoms with E-state index in [1.807, 2.05) is 6.92 Å². The van der Waals surface area contributed by atoms with Crippen LogP contribution in [-0.2, 0) is 14.6 Å². The smallest absolute Gasteiger partial charge is 0.250 e. The summed E-state index contributed by atoms with van der Waals surface area (Å²) in [4.78, 5) is 17.7. The standard InChI is InChI=1S/C16H18F2N2O3S2/c1-3-9(2)15(21)19-16-20(12-5-4-10(17)6-11(12)18)13-7-25(22,23)8-14(13)24-16/h4-6,9,13-14H,3,7-8H2,1-2H3. The van der Waals surface area contributed by atoms with Crippen molar-refractivity contribution in [1.82, 2.24) is 0 Å². The van der Waals surface area contributed by atoms with Gasteiger partial charge in [-0.15, -0.1) is 0 Å². The van der Waals surface area contributed by atoms with Gasteiger partial charge < -0.3 is 4.90 Å². The summed E-state index contributed by atoms with van der Waals surface area (Å²) >= 11 is 1.17. The van der Waals surface area contributed by atoms with E-state index < -0.39 is 27.5 Å². The lowest BCUT2D eigenvalue weighted by Crippen LogP contribution is -2.38. The molecule has 136 valence electrons. The molecule has 0 bridgehead atoms. The summed E-state index contributed by atoms with van der Waals surface area (Å²) in [7, 11) is -3.24. The number of hydrogen-bond donors (Lipinski definition) is 0. The number of benzene rings is 1. The number of sulfone groups is 1. The molecule has 0 N–H and O–H groups in total. The van der Waals surface area contributed by atoms with E-state index in [0.717, 1.165) is 12.1 Å². The van der Waals surface area contributed by atoms with Crippen molar-refractivity contribution < 1.29 is 22.0 Å². The van der Waals surface area contributed by atoms with Crippen LogP contribution in [0.15, 0.2) is 23.2 Å². The minimum atomic E-state index is -3.24. The maximum Gasteiger partial charge on any atom is 0.250 e.